The SMILES string of the molecule is Cc1nc2cc3nc(-c4ccc(C)c(C)c4)oc3cc2o1. The molecule has 0 N–H and O–H groups in total. The fourth-order valence-corrected chi connectivity index (χ4v) is 2.46. The Morgan fingerprint density at radius 2 is 1.52 bits per heavy atom. The molecule has 0 aliphatic rings. The Bertz CT molecular complexity index is 928. The second-order valence-electron chi connectivity index (χ2n) is 5.34. The number of fused-ring (bicyclic) bond motifs is 2. The Morgan fingerprint density at radius 1 is 0.762 bits per heavy atom. The van der Waals surface area contributed by atoms with Gasteiger partial charge in [-0.2, -0.15) is 0 Å². The van der Waals surface area contributed by atoms with E-state index in [1.807, 2.05) is 25.1 Å². The van der Waals surface area contributed by atoms with Gasteiger partial charge in [0.1, 0.15) is 11.0 Å². The summed E-state index contributed by atoms with van der Waals surface area (Å²) in [6, 6.07) is 9.94. The number of aryl methyl sites for hydroxylation is 3. The molecule has 0 amide bonds. The van der Waals surface area contributed by atoms with Crippen LogP contribution < -0.4 is 0 Å². The predicted molar refractivity (Wildman–Crippen MR) is 81.2 cm³/mol. The van der Waals surface area contributed by atoms with E-state index < -0.39 is 0 Å². The molecule has 4 heteroatoms. The minimum atomic E-state index is 0.623. The largest absolute Gasteiger partial charge is 0.441 e. The molecule has 0 saturated carbocycles. The number of oxazole rings is 2. The van der Waals surface area contributed by atoms with Crippen molar-refractivity contribution in [2.24, 2.45) is 0 Å². The molecule has 0 fully saturated rings. The van der Waals surface area contributed by atoms with Crippen LogP contribution in [0.2, 0.25) is 0 Å². The molecular weight excluding hydrogens is 264 g/mol. The number of hydrogen-bond donors (Lipinski definition) is 0. The standard InChI is InChI=1S/C17H14N2O2/c1-9-4-5-12(6-10(9)2)17-19-14-7-13-15(8-16(14)21-17)20-11(3)18-13/h4-8H,1-3H3. The minimum absolute atomic E-state index is 0.623. The monoisotopic (exact) mass is 278 g/mol. The Kier molecular flexibility index (Phi) is 2.42. The molecule has 0 unspecified atom stereocenters. The lowest BCUT2D eigenvalue weighted by Gasteiger charge is -2.01. The highest BCUT2D eigenvalue weighted by Gasteiger charge is 2.12. The zero-order chi connectivity index (χ0) is 14.6. The second-order valence-corrected chi connectivity index (χ2v) is 5.34. The number of rotatable bonds is 1. The maximum Gasteiger partial charge on any atom is 0.227 e. The van der Waals surface area contributed by atoms with E-state index in [1.165, 1.54) is 11.1 Å². The zero-order valence-electron chi connectivity index (χ0n) is 12.1. The van der Waals surface area contributed by atoms with Crippen LogP contribution in [0.4, 0.5) is 0 Å². The first-order valence-corrected chi connectivity index (χ1v) is 6.85. The lowest BCUT2D eigenvalue weighted by Crippen LogP contribution is -1.83. The molecule has 0 radical (unpaired) electrons. The normalized spacial score (nSPS) is 11.6. The van der Waals surface area contributed by atoms with Crippen LogP contribution in [0.3, 0.4) is 0 Å². The maximum atomic E-state index is 5.87. The maximum absolute atomic E-state index is 5.87. The van der Waals surface area contributed by atoms with Gasteiger partial charge in [-0.15, -0.1) is 0 Å². The molecule has 4 rings (SSSR count). The van der Waals surface area contributed by atoms with Crippen LogP contribution in [0.1, 0.15) is 17.0 Å². The van der Waals surface area contributed by atoms with Crippen molar-refractivity contribution in [1.82, 2.24) is 9.97 Å². The van der Waals surface area contributed by atoms with Gasteiger partial charge in [-0.25, -0.2) is 9.97 Å². The molecule has 0 aliphatic heterocycles. The zero-order valence-corrected chi connectivity index (χ0v) is 12.1. The first kappa shape index (κ1) is 12.1. The van der Waals surface area contributed by atoms with E-state index in [9.17, 15) is 0 Å². The van der Waals surface area contributed by atoms with E-state index in [2.05, 4.69) is 35.9 Å². The molecule has 21 heavy (non-hydrogen) atoms. The molecule has 2 aromatic heterocycles. The Balaban J connectivity index is 1.91. The van der Waals surface area contributed by atoms with Crippen molar-refractivity contribution in [1.29, 1.82) is 0 Å². The van der Waals surface area contributed by atoms with Crippen molar-refractivity contribution in [3.8, 4) is 11.5 Å². The third-order valence-electron chi connectivity index (χ3n) is 3.76. The van der Waals surface area contributed by atoms with Crippen LogP contribution in [0.15, 0.2) is 39.2 Å². The van der Waals surface area contributed by atoms with Gasteiger partial charge in [0.05, 0.1) is 0 Å². The Morgan fingerprint density at radius 3 is 2.33 bits per heavy atom. The summed E-state index contributed by atoms with van der Waals surface area (Å²) < 4.78 is 11.4. The summed E-state index contributed by atoms with van der Waals surface area (Å²) in [7, 11) is 0. The first-order chi connectivity index (χ1) is 10.1. The van der Waals surface area contributed by atoms with E-state index in [1.54, 1.807) is 0 Å². The molecule has 0 spiro atoms. The number of nitrogens with zero attached hydrogens (tertiary/aromatic N) is 2. The fourth-order valence-electron chi connectivity index (χ4n) is 2.46. The van der Waals surface area contributed by atoms with Gasteiger partial charge in [-0.1, -0.05) is 6.07 Å². The van der Waals surface area contributed by atoms with Gasteiger partial charge in [0.25, 0.3) is 0 Å². The van der Waals surface area contributed by atoms with Crippen LogP contribution in [-0.4, -0.2) is 9.97 Å². The van der Waals surface area contributed by atoms with Gasteiger partial charge in [-0.05, 0) is 43.2 Å². The highest BCUT2D eigenvalue weighted by molar-refractivity contribution is 5.90. The van der Waals surface area contributed by atoms with Gasteiger partial charge in [0.2, 0.25) is 5.89 Å². The first-order valence-electron chi connectivity index (χ1n) is 6.85. The van der Waals surface area contributed by atoms with E-state index >= 15 is 0 Å². The van der Waals surface area contributed by atoms with E-state index in [-0.39, 0.29) is 0 Å². The smallest absolute Gasteiger partial charge is 0.227 e. The summed E-state index contributed by atoms with van der Waals surface area (Å²) in [4.78, 5) is 8.89. The molecule has 0 aliphatic carbocycles. The second kappa shape index (κ2) is 4.19. The van der Waals surface area contributed by atoms with Gasteiger partial charge in [-0.3, -0.25) is 0 Å². The van der Waals surface area contributed by atoms with Crippen molar-refractivity contribution in [2.45, 2.75) is 20.8 Å². The molecular formula is C17H14N2O2. The van der Waals surface area contributed by atoms with E-state index in [0.29, 0.717) is 17.4 Å². The van der Waals surface area contributed by atoms with Gasteiger partial charge in [0, 0.05) is 18.6 Å². The molecule has 0 saturated heterocycles. The third kappa shape index (κ3) is 1.91. The molecule has 0 bridgehead atoms. The highest BCUT2D eigenvalue weighted by Crippen LogP contribution is 2.29. The van der Waals surface area contributed by atoms with Crippen molar-refractivity contribution in [3.05, 3.63) is 47.3 Å². The molecule has 104 valence electrons. The lowest BCUT2D eigenvalue weighted by molar-refractivity contribution is 0.560. The third-order valence-corrected chi connectivity index (χ3v) is 3.76. The lowest BCUT2D eigenvalue weighted by atomic mass is 10.1. The Labute approximate surface area is 121 Å². The molecule has 2 aromatic carbocycles. The van der Waals surface area contributed by atoms with Crippen LogP contribution in [0, 0.1) is 20.8 Å². The van der Waals surface area contributed by atoms with Crippen molar-refractivity contribution in [3.63, 3.8) is 0 Å². The van der Waals surface area contributed by atoms with E-state index in [4.69, 9.17) is 8.83 Å². The molecule has 4 aromatic rings. The fraction of sp³-hybridized carbons (Fsp3) is 0.176. The van der Waals surface area contributed by atoms with E-state index in [0.717, 1.165) is 22.2 Å². The van der Waals surface area contributed by atoms with Crippen LogP contribution >= 0.6 is 0 Å². The topological polar surface area (TPSA) is 52.1 Å². The summed E-state index contributed by atoms with van der Waals surface area (Å²) in [5, 5.41) is 0. The van der Waals surface area contributed by atoms with Crippen LogP contribution in [-0.2, 0) is 0 Å². The number of hydrogen-bond acceptors (Lipinski definition) is 4. The van der Waals surface area contributed by atoms with Gasteiger partial charge in [0.15, 0.2) is 17.1 Å². The predicted octanol–water partition coefficient (Wildman–Crippen LogP) is 4.56. The minimum Gasteiger partial charge on any atom is -0.441 e. The Hall–Kier alpha value is -2.62. The van der Waals surface area contributed by atoms with Crippen LogP contribution in [0.5, 0.6) is 0 Å². The summed E-state index contributed by atoms with van der Waals surface area (Å²) in [5.41, 5.74) is 6.50. The average molecular weight is 278 g/mol. The summed E-state index contributed by atoms with van der Waals surface area (Å²) in [5.74, 6) is 1.27. The highest BCUT2D eigenvalue weighted by atomic mass is 16.4. The number of benzene rings is 2. The van der Waals surface area contributed by atoms with Gasteiger partial charge < -0.3 is 8.83 Å². The van der Waals surface area contributed by atoms with Gasteiger partial charge >= 0.3 is 0 Å². The van der Waals surface area contributed by atoms with Crippen molar-refractivity contribution >= 4 is 22.2 Å². The summed E-state index contributed by atoms with van der Waals surface area (Å²) in [6.45, 7) is 6.00. The number of aromatic nitrogens is 2. The molecule has 0 atom stereocenters. The van der Waals surface area contributed by atoms with Crippen LogP contribution in [0.25, 0.3) is 33.7 Å². The summed E-state index contributed by atoms with van der Waals surface area (Å²) in [6.07, 6.45) is 0. The summed E-state index contributed by atoms with van der Waals surface area (Å²) >= 11 is 0. The molecule has 2 heterocycles. The average Bonchev–Trinajstić information content (AvgIpc) is 3.00. The quantitative estimate of drug-likeness (QED) is 0.512. The van der Waals surface area contributed by atoms with Crippen molar-refractivity contribution in [2.75, 3.05) is 0 Å². The van der Waals surface area contributed by atoms with Crippen molar-refractivity contribution < 1.29 is 8.83 Å². The molecule has 4 nitrogen and oxygen atoms in total.